The number of rotatable bonds is 4. The lowest BCUT2D eigenvalue weighted by Gasteiger charge is -2.35. The van der Waals surface area contributed by atoms with E-state index in [1.165, 1.54) is 4.90 Å². The van der Waals surface area contributed by atoms with Crippen LogP contribution in [0.5, 0.6) is 0 Å². The second-order valence-corrected chi connectivity index (χ2v) is 6.87. The van der Waals surface area contributed by atoms with E-state index in [1.54, 1.807) is 13.0 Å². The predicted molar refractivity (Wildman–Crippen MR) is 112 cm³/mol. The van der Waals surface area contributed by atoms with Crippen LogP contribution in [0, 0.1) is 13.8 Å². The average molecular weight is 453 g/mol. The van der Waals surface area contributed by atoms with E-state index in [9.17, 15) is 18.0 Å². The SMILES string of the molecule is Cc1ccc2nc(C)c(C(=O)NCC(N3CCNCC3)C(F)(F)F)cc2c1.Cl.Cl. The quantitative estimate of drug-likeness (QED) is 0.747. The van der Waals surface area contributed by atoms with Gasteiger partial charge < -0.3 is 10.6 Å². The Kier molecular flexibility index (Phi) is 9.14. The van der Waals surface area contributed by atoms with Gasteiger partial charge in [-0.25, -0.2) is 0 Å². The molecule has 2 aromatic rings. The van der Waals surface area contributed by atoms with Gasteiger partial charge in [0, 0.05) is 38.1 Å². The van der Waals surface area contributed by atoms with Crippen LogP contribution in [0.25, 0.3) is 10.9 Å². The third kappa shape index (κ3) is 6.18. The summed E-state index contributed by atoms with van der Waals surface area (Å²) in [6, 6.07) is 5.68. The van der Waals surface area contributed by atoms with Gasteiger partial charge in [0.1, 0.15) is 6.04 Å². The maximum atomic E-state index is 13.5. The van der Waals surface area contributed by atoms with Crippen molar-refractivity contribution in [2.24, 2.45) is 0 Å². The summed E-state index contributed by atoms with van der Waals surface area (Å²) in [7, 11) is 0. The molecule has 162 valence electrons. The van der Waals surface area contributed by atoms with E-state index in [0.717, 1.165) is 16.5 Å². The molecule has 0 aliphatic carbocycles. The third-order valence-corrected chi connectivity index (χ3v) is 4.83. The Balaban J connectivity index is 0.00000210. The minimum atomic E-state index is -4.40. The summed E-state index contributed by atoms with van der Waals surface area (Å²) in [5, 5.41) is 6.29. The zero-order valence-corrected chi connectivity index (χ0v) is 17.8. The first-order chi connectivity index (χ1) is 12.8. The number of alkyl halides is 3. The highest BCUT2D eigenvalue weighted by molar-refractivity contribution is 5.98. The van der Waals surface area contributed by atoms with Crippen molar-refractivity contribution in [1.82, 2.24) is 20.5 Å². The summed E-state index contributed by atoms with van der Waals surface area (Å²) in [6.45, 7) is 4.76. The zero-order chi connectivity index (χ0) is 19.6. The Hall–Kier alpha value is -1.61. The molecule has 10 heteroatoms. The van der Waals surface area contributed by atoms with E-state index >= 15 is 0 Å². The molecule has 2 heterocycles. The molecule has 1 aromatic heterocycles. The van der Waals surface area contributed by atoms with Crippen molar-refractivity contribution in [3.05, 3.63) is 41.1 Å². The van der Waals surface area contributed by atoms with Crippen molar-refractivity contribution in [1.29, 1.82) is 0 Å². The summed E-state index contributed by atoms with van der Waals surface area (Å²) in [4.78, 5) is 18.3. The van der Waals surface area contributed by atoms with Crippen LogP contribution in [-0.2, 0) is 0 Å². The van der Waals surface area contributed by atoms with Crippen LogP contribution in [0.15, 0.2) is 24.3 Å². The summed E-state index contributed by atoms with van der Waals surface area (Å²) in [6.07, 6.45) is -4.40. The van der Waals surface area contributed by atoms with Gasteiger partial charge in [-0.15, -0.1) is 24.8 Å². The number of halogens is 5. The molecule has 0 radical (unpaired) electrons. The van der Waals surface area contributed by atoms with Gasteiger partial charge in [0.25, 0.3) is 5.91 Å². The molecule has 1 aliphatic rings. The number of amides is 1. The van der Waals surface area contributed by atoms with Crippen LogP contribution in [0.4, 0.5) is 13.2 Å². The van der Waals surface area contributed by atoms with Gasteiger partial charge in [0.2, 0.25) is 0 Å². The van der Waals surface area contributed by atoms with Crippen molar-refractivity contribution in [2.75, 3.05) is 32.7 Å². The number of nitrogens with zero attached hydrogens (tertiary/aromatic N) is 2. The molecule has 0 saturated carbocycles. The van der Waals surface area contributed by atoms with Crippen molar-refractivity contribution >= 4 is 41.6 Å². The lowest BCUT2D eigenvalue weighted by Crippen LogP contribution is -2.57. The molecule has 0 bridgehead atoms. The van der Waals surface area contributed by atoms with E-state index < -0.39 is 24.7 Å². The first-order valence-electron chi connectivity index (χ1n) is 8.93. The number of carbonyl (C=O) groups is 1. The first kappa shape index (κ1) is 25.4. The number of carbonyl (C=O) groups excluding carboxylic acids is 1. The number of piperazine rings is 1. The van der Waals surface area contributed by atoms with Gasteiger partial charge in [-0.2, -0.15) is 13.2 Å². The molecule has 3 rings (SSSR count). The predicted octanol–water partition coefficient (Wildman–Crippen LogP) is 3.26. The fraction of sp³-hybridized carbons (Fsp3) is 0.474. The molecule has 1 atom stereocenters. The van der Waals surface area contributed by atoms with Crippen LogP contribution in [-0.4, -0.2) is 60.7 Å². The lowest BCUT2D eigenvalue weighted by molar-refractivity contribution is -0.183. The highest BCUT2D eigenvalue weighted by Gasteiger charge is 2.43. The molecule has 2 N–H and O–H groups in total. The molecule has 1 saturated heterocycles. The highest BCUT2D eigenvalue weighted by Crippen LogP contribution is 2.25. The van der Waals surface area contributed by atoms with E-state index in [-0.39, 0.29) is 24.8 Å². The van der Waals surface area contributed by atoms with Gasteiger partial charge >= 0.3 is 6.18 Å². The molecule has 29 heavy (non-hydrogen) atoms. The fourth-order valence-electron chi connectivity index (χ4n) is 3.35. The van der Waals surface area contributed by atoms with Crippen LogP contribution in [0.2, 0.25) is 0 Å². The molecule has 1 fully saturated rings. The van der Waals surface area contributed by atoms with E-state index in [0.29, 0.717) is 37.4 Å². The van der Waals surface area contributed by atoms with Crippen molar-refractivity contribution in [3.8, 4) is 0 Å². The molecule has 5 nitrogen and oxygen atoms in total. The monoisotopic (exact) mass is 452 g/mol. The molecule has 1 unspecified atom stereocenters. The number of aromatic nitrogens is 1. The summed E-state index contributed by atoms with van der Waals surface area (Å²) >= 11 is 0. The minimum absolute atomic E-state index is 0. The molecular formula is C19H25Cl2F3N4O. The fourth-order valence-corrected chi connectivity index (χ4v) is 3.35. The average Bonchev–Trinajstić information content (AvgIpc) is 2.61. The largest absolute Gasteiger partial charge is 0.405 e. The van der Waals surface area contributed by atoms with Crippen LogP contribution < -0.4 is 10.6 Å². The Bertz CT molecular complexity index is 842. The van der Waals surface area contributed by atoms with E-state index in [4.69, 9.17) is 0 Å². The number of pyridine rings is 1. The number of fused-ring (bicyclic) bond motifs is 1. The van der Waals surface area contributed by atoms with E-state index in [1.807, 2.05) is 25.1 Å². The van der Waals surface area contributed by atoms with Gasteiger partial charge in [-0.1, -0.05) is 11.6 Å². The second-order valence-electron chi connectivity index (χ2n) is 6.87. The van der Waals surface area contributed by atoms with Gasteiger partial charge in [-0.05, 0) is 32.0 Å². The third-order valence-electron chi connectivity index (χ3n) is 4.83. The number of aryl methyl sites for hydroxylation is 2. The first-order valence-corrected chi connectivity index (χ1v) is 8.93. The van der Waals surface area contributed by atoms with Crippen LogP contribution >= 0.6 is 24.8 Å². The summed E-state index contributed by atoms with van der Waals surface area (Å²) < 4.78 is 40.4. The Morgan fingerprint density at radius 1 is 1.21 bits per heavy atom. The van der Waals surface area contributed by atoms with Gasteiger partial charge in [0.15, 0.2) is 0 Å². The Morgan fingerprint density at radius 3 is 2.48 bits per heavy atom. The number of nitrogens with one attached hydrogen (secondary N) is 2. The van der Waals surface area contributed by atoms with E-state index in [2.05, 4.69) is 15.6 Å². The number of hydrogen-bond acceptors (Lipinski definition) is 4. The smallest absolute Gasteiger partial charge is 0.350 e. The van der Waals surface area contributed by atoms with Crippen molar-refractivity contribution in [3.63, 3.8) is 0 Å². The maximum absolute atomic E-state index is 13.5. The Labute approximate surface area is 180 Å². The topological polar surface area (TPSA) is 57.3 Å². The standard InChI is InChI=1S/C19H23F3N4O.2ClH/c1-12-3-4-16-14(9-12)10-15(13(2)25-16)18(27)24-11-17(19(20,21)22)26-7-5-23-6-8-26;;/h3-4,9-10,17,23H,5-8,11H2,1-2H3,(H,24,27);2*1H. The molecule has 1 aliphatic heterocycles. The molecule has 1 aromatic carbocycles. The lowest BCUT2D eigenvalue weighted by atomic mass is 10.1. The van der Waals surface area contributed by atoms with Crippen LogP contribution in [0.1, 0.15) is 21.6 Å². The number of benzene rings is 1. The van der Waals surface area contributed by atoms with Crippen molar-refractivity contribution < 1.29 is 18.0 Å². The van der Waals surface area contributed by atoms with Crippen molar-refractivity contribution in [2.45, 2.75) is 26.1 Å². The molecule has 0 spiro atoms. The normalized spacial score (nSPS) is 15.9. The Morgan fingerprint density at radius 2 is 1.86 bits per heavy atom. The molecule has 1 amide bonds. The zero-order valence-electron chi connectivity index (χ0n) is 16.2. The molecular weight excluding hydrogens is 428 g/mol. The highest BCUT2D eigenvalue weighted by atomic mass is 35.5. The minimum Gasteiger partial charge on any atom is -0.350 e. The summed E-state index contributed by atoms with van der Waals surface area (Å²) in [5.41, 5.74) is 2.57. The van der Waals surface area contributed by atoms with Gasteiger partial charge in [-0.3, -0.25) is 14.7 Å². The second kappa shape index (κ2) is 10.4. The van der Waals surface area contributed by atoms with Crippen LogP contribution in [0.3, 0.4) is 0 Å². The maximum Gasteiger partial charge on any atom is 0.405 e. The summed E-state index contributed by atoms with van der Waals surface area (Å²) in [5.74, 6) is -0.534. The van der Waals surface area contributed by atoms with Gasteiger partial charge in [0.05, 0.1) is 16.8 Å². The number of hydrogen-bond donors (Lipinski definition) is 2.